The van der Waals surface area contributed by atoms with Crippen LogP contribution in [-0.4, -0.2) is 35.9 Å². The van der Waals surface area contributed by atoms with Crippen molar-refractivity contribution in [2.75, 3.05) is 25.5 Å². The van der Waals surface area contributed by atoms with Crippen molar-refractivity contribution in [3.05, 3.63) is 70.4 Å². The van der Waals surface area contributed by atoms with Crippen LogP contribution in [0.4, 0.5) is 5.82 Å². The number of nitrogens with zero attached hydrogens (tertiary/aromatic N) is 2. The average Bonchev–Trinajstić information content (AvgIpc) is 3.03. The molecule has 2 heterocycles. The van der Waals surface area contributed by atoms with E-state index in [4.69, 9.17) is 4.98 Å². The molecule has 154 valence electrons. The van der Waals surface area contributed by atoms with Gasteiger partial charge < -0.3 is 10.2 Å². The van der Waals surface area contributed by atoms with Crippen molar-refractivity contribution >= 4 is 23.4 Å². The fraction of sp³-hybridized carbons (Fsp3) is 0.385. The summed E-state index contributed by atoms with van der Waals surface area (Å²) in [6.07, 6.45) is 13.0. The summed E-state index contributed by atoms with van der Waals surface area (Å²) in [6, 6.07) is 10.9. The van der Waals surface area contributed by atoms with Gasteiger partial charge in [-0.05, 0) is 86.6 Å². The molecule has 0 saturated carbocycles. The Balaban J connectivity index is 1.32. The van der Waals surface area contributed by atoms with Crippen LogP contribution in [0.5, 0.6) is 0 Å². The van der Waals surface area contributed by atoms with Crippen molar-refractivity contribution in [3.8, 4) is 0 Å². The number of pyridine rings is 1. The number of hydrogen-bond donors (Lipinski definition) is 1. The maximum atomic E-state index is 12.6. The number of hydrogen-bond acceptors (Lipinski definition) is 3. The molecule has 2 aliphatic carbocycles. The maximum Gasteiger partial charge on any atom is 0.228 e. The number of allylic oxidation sites excluding steroid dienone is 2. The van der Waals surface area contributed by atoms with Crippen molar-refractivity contribution in [2.24, 2.45) is 5.92 Å². The van der Waals surface area contributed by atoms with Gasteiger partial charge in [-0.2, -0.15) is 0 Å². The number of carbonyl (C=O) groups excluding carboxylic acids is 1. The second-order valence-electron chi connectivity index (χ2n) is 8.79. The van der Waals surface area contributed by atoms with Crippen LogP contribution >= 0.6 is 0 Å². The van der Waals surface area contributed by atoms with Crippen LogP contribution in [0.2, 0.25) is 0 Å². The lowest BCUT2D eigenvalue weighted by Crippen LogP contribution is -2.36. The fourth-order valence-electron chi connectivity index (χ4n) is 4.83. The van der Waals surface area contributed by atoms with E-state index in [2.05, 4.69) is 59.8 Å². The van der Waals surface area contributed by atoms with Crippen LogP contribution in [0.3, 0.4) is 0 Å². The van der Waals surface area contributed by atoms with E-state index in [1.54, 1.807) is 0 Å². The van der Waals surface area contributed by atoms with E-state index in [-0.39, 0.29) is 11.8 Å². The third-order valence-corrected chi connectivity index (χ3v) is 6.67. The molecular formula is C26H29N3O. The number of anilines is 1. The van der Waals surface area contributed by atoms with E-state index < -0.39 is 0 Å². The molecular weight excluding hydrogens is 370 g/mol. The Hall–Kier alpha value is -2.72. The molecule has 1 aromatic heterocycles. The molecule has 30 heavy (non-hydrogen) atoms. The molecule has 1 amide bonds. The van der Waals surface area contributed by atoms with Crippen LogP contribution in [0.1, 0.15) is 53.6 Å². The predicted molar refractivity (Wildman–Crippen MR) is 122 cm³/mol. The van der Waals surface area contributed by atoms with Gasteiger partial charge in [-0.15, -0.1) is 0 Å². The first kappa shape index (κ1) is 19.3. The highest BCUT2D eigenvalue weighted by atomic mass is 16.1. The minimum Gasteiger partial charge on any atom is -0.310 e. The third kappa shape index (κ3) is 3.84. The lowest BCUT2D eigenvalue weighted by Gasteiger charge is -2.27. The Bertz CT molecular complexity index is 1030. The molecule has 4 heteroatoms. The second-order valence-corrected chi connectivity index (χ2v) is 8.79. The van der Waals surface area contributed by atoms with E-state index in [1.807, 2.05) is 6.07 Å². The topological polar surface area (TPSA) is 45.2 Å². The number of rotatable bonds is 3. The highest BCUT2D eigenvalue weighted by molar-refractivity contribution is 5.92. The average molecular weight is 400 g/mol. The van der Waals surface area contributed by atoms with Gasteiger partial charge in [0.05, 0.1) is 5.69 Å². The van der Waals surface area contributed by atoms with Crippen LogP contribution < -0.4 is 5.32 Å². The standard InChI is InChI=1S/C26H29N3O/c1-29-15-13-19(14-16-29)26(30)28-25-12-10-23-22(9-11-24(23)27-25)21-8-7-18-5-3-2-4-6-20(18)17-21/h3,5,7-10,12,17,19H,2,4,6,11,13-16H2,1H3,(H,27,28,30). The fourth-order valence-corrected chi connectivity index (χ4v) is 4.83. The van der Waals surface area contributed by atoms with Gasteiger partial charge in [-0.25, -0.2) is 4.98 Å². The van der Waals surface area contributed by atoms with Gasteiger partial charge in [-0.1, -0.05) is 36.4 Å². The number of benzene rings is 1. The highest BCUT2D eigenvalue weighted by Crippen LogP contribution is 2.34. The van der Waals surface area contributed by atoms with Crippen molar-refractivity contribution in [1.29, 1.82) is 0 Å². The third-order valence-electron chi connectivity index (χ3n) is 6.67. The summed E-state index contributed by atoms with van der Waals surface area (Å²) in [7, 11) is 2.11. The summed E-state index contributed by atoms with van der Waals surface area (Å²) in [4.78, 5) is 19.7. The molecule has 0 unspecified atom stereocenters. The normalized spacial score (nSPS) is 19.0. The SMILES string of the molecule is CN1CCC(C(=O)Nc2ccc3c(n2)CC=C3c2ccc3c(c2)CCCC=C3)CC1. The number of aryl methyl sites for hydroxylation is 1. The summed E-state index contributed by atoms with van der Waals surface area (Å²) >= 11 is 0. The molecule has 1 fully saturated rings. The lowest BCUT2D eigenvalue weighted by molar-refractivity contribution is -0.121. The van der Waals surface area contributed by atoms with Crippen molar-refractivity contribution in [3.63, 3.8) is 0 Å². The van der Waals surface area contributed by atoms with Crippen LogP contribution in [0.15, 0.2) is 42.5 Å². The molecule has 0 atom stereocenters. The predicted octanol–water partition coefficient (Wildman–Crippen LogP) is 4.70. The number of likely N-dealkylation sites (tertiary alicyclic amines) is 1. The van der Waals surface area contributed by atoms with Gasteiger partial charge in [-0.3, -0.25) is 4.79 Å². The number of nitrogens with one attached hydrogen (secondary N) is 1. The summed E-state index contributed by atoms with van der Waals surface area (Å²) in [5, 5.41) is 3.06. The van der Waals surface area contributed by atoms with E-state index in [0.717, 1.165) is 50.9 Å². The summed E-state index contributed by atoms with van der Waals surface area (Å²) in [6.45, 7) is 1.97. The van der Waals surface area contributed by atoms with E-state index in [9.17, 15) is 4.79 Å². The second kappa shape index (κ2) is 8.19. The molecule has 1 saturated heterocycles. The Morgan fingerprint density at radius 3 is 2.90 bits per heavy atom. The number of aromatic nitrogens is 1. The van der Waals surface area contributed by atoms with Crippen LogP contribution in [0.25, 0.3) is 11.6 Å². The van der Waals surface area contributed by atoms with Crippen molar-refractivity contribution < 1.29 is 4.79 Å². The summed E-state index contributed by atoms with van der Waals surface area (Å²) in [5.74, 6) is 0.887. The first-order valence-corrected chi connectivity index (χ1v) is 11.2. The zero-order valence-corrected chi connectivity index (χ0v) is 17.7. The first-order chi connectivity index (χ1) is 14.7. The van der Waals surface area contributed by atoms with Gasteiger partial charge in [0.1, 0.15) is 5.82 Å². The highest BCUT2D eigenvalue weighted by Gasteiger charge is 2.24. The maximum absolute atomic E-state index is 12.6. The number of piperidine rings is 1. The van der Waals surface area contributed by atoms with E-state index in [0.29, 0.717) is 5.82 Å². The molecule has 1 aromatic carbocycles. The quantitative estimate of drug-likeness (QED) is 0.814. The van der Waals surface area contributed by atoms with Gasteiger partial charge in [0.15, 0.2) is 0 Å². The molecule has 4 nitrogen and oxygen atoms in total. The zero-order valence-electron chi connectivity index (χ0n) is 17.7. The van der Waals surface area contributed by atoms with Crippen LogP contribution in [0, 0.1) is 5.92 Å². The van der Waals surface area contributed by atoms with E-state index in [1.165, 1.54) is 34.2 Å². The van der Waals surface area contributed by atoms with E-state index >= 15 is 0 Å². The molecule has 1 N–H and O–H groups in total. The molecule has 0 spiro atoms. The minimum atomic E-state index is 0.0959. The Labute approximate surface area is 178 Å². The van der Waals surface area contributed by atoms with Crippen molar-refractivity contribution in [1.82, 2.24) is 9.88 Å². The Morgan fingerprint density at radius 2 is 2.03 bits per heavy atom. The molecule has 2 aromatic rings. The lowest BCUT2D eigenvalue weighted by atomic mass is 9.95. The molecule has 1 aliphatic heterocycles. The number of carbonyl (C=O) groups is 1. The largest absolute Gasteiger partial charge is 0.310 e. The molecule has 0 radical (unpaired) electrons. The number of amides is 1. The Morgan fingerprint density at radius 1 is 1.17 bits per heavy atom. The smallest absolute Gasteiger partial charge is 0.228 e. The molecule has 0 bridgehead atoms. The minimum absolute atomic E-state index is 0.0959. The van der Waals surface area contributed by atoms with Gasteiger partial charge in [0, 0.05) is 17.9 Å². The van der Waals surface area contributed by atoms with Crippen LogP contribution in [-0.2, 0) is 17.6 Å². The zero-order chi connectivity index (χ0) is 20.5. The molecule has 5 rings (SSSR count). The van der Waals surface area contributed by atoms with Gasteiger partial charge in [0.2, 0.25) is 5.91 Å². The Kier molecular flexibility index (Phi) is 5.26. The summed E-state index contributed by atoms with van der Waals surface area (Å²) in [5.41, 5.74) is 7.57. The van der Waals surface area contributed by atoms with Gasteiger partial charge in [0.25, 0.3) is 0 Å². The monoisotopic (exact) mass is 399 g/mol. The number of fused-ring (bicyclic) bond motifs is 2. The van der Waals surface area contributed by atoms with Crippen molar-refractivity contribution in [2.45, 2.75) is 38.5 Å². The van der Waals surface area contributed by atoms with Gasteiger partial charge >= 0.3 is 0 Å². The summed E-state index contributed by atoms with van der Waals surface area (Å²) < 4.78 is 0. The first-order valence-electron chi connectivity index (χ1n) is 11.2. The molecule has 3 aliphatic rings.